The fourth-order valence-electron chi connectivity index (χ4n) is 1.44. The van der Waals surface area contributed by atoms with Crippen molar-refractivity contribution < 1.29 is 0 Å². The van der Waals surface area contributed by atoms with Gasteiger partial charge in [0, 0.05) is 5.02 Å². The van der Waals surface area contributed by atoms with Crippen LogP contribution >= 0.6 is 34.5 Å². The monoisotopic (exact) mass is 256 g/mol. The Balaban J connectivity index is 2.11. The van der Waals surface area contributed by atoms with Crippen LogP contribution < -0.4 is 0 Å². The average molecular weight is 257 g/mol. The third-order valence-corrected chi connectivity index (χ3v) is 3.58. The second-order valence-electron chi connectivity index (χ2n) is 3.36. The van der Waals surface area contributed by atoms with E-state index in [-0.39, 0.29) is 5.38 Å². The zero-order valence-electron chi connectivity index (χ0n) is 7.99. The molecule has 0 spiro atoms. The Bertz CT molecular complexity index is 423. The first-order valence-corrected chi connectivity index (χ1v) is 6.42. The van der Waals surface area contributed by atoms with Crippen molar-refractivity contribution in [2.75, 3.05) is 0 Å². The highest BCUT2D eigenvalue weighted by Gasteiger charge is 2.09. The molecule has 0 bridgehead atoms. The highest BCUT2D eigenvalue weighted by Crippen LogP contribution is 2.27. The van der Waals surface area contributed by atoms with Crippen molar-refractivity contribution in [2.45, 2.75) is 11.8 Å². The number of hydrogen-bond donors (Lipinski definition) is 0. The second kappa shape index (κ2) is 5.02. The molecule has 1 heterocycles. The van der Waals surface area contributed by atoms with Crippen LogP contribution in [-0.4, -0.2) is 0 Å². The van der Waals surface area contributed by atoms with E-state index in [2.05, 4.69) is 16.8 Å². The number of alkyl halides is 1. The topological polar surface area (TPSA) is 0 Å². The molecule has 1 atom stereocenters. The summed E-state index contributed by atoms with van der Waals surface area (Å²) in [4.78, 5) is 0. The summed E-state index contributed by atoms with van der Waals surface area (Å²) in [5.74, 6) is 0. The summed E-state index contributed by atoms with van der Waals surface area (Å²) in [5, 5.41) is 4.93. The number of rotatable bonds is 3. The third-order valence-electron chi connectivity index (χ3n) is 2.21. The Hall–Kier alpha value is -0.500. The summed E-state index contributed by atoms with van der Waals surface area (Å²) in [6.45, 7) is 0. The van der Waals surface area contributed by atoms with Gasteiger partial charge in [0.05, 0.1) is 5.38 Å². The van der Waals surface area contributed by atoms with Gasteiger partial charge in [0.1, 0.15) is 0 Å². The molecule has 0 aliphatic rings. The summed E-state index contributed by atoms with van der Waals surface area (Å²) >= 11 is 13.9. The van der Waals surface area contributed by atoms with Crippen molar-refractivity contribution in [1.29, 1.82) is 0 Å². The quantitative estimate of drug-likeness (QED) is 0.684. The Morgan fingerprint density at radius 1 is 1.27 bits per heavy atom. The van der Waals surface area contributed by atoms with Crippen molar-refractivity contribution >= 4 is 34.5 Å². The molecular formula is C12H10Cl2S. The molecule has 0 saturated heterocycles. The van der Waals surface area contributed by atoms with Gasteiger partial charge in [0.15, 0.2) is 0 Å². The Labute approximate surface area is 103 Å². The van der Waals surface area contributed by atoms with E-state index in [1.807, 2.05) is 24.3 Å². The number of thiophene rings is 1. The van der Waals surface area contributed by atoms with Crippen LogP contribution in [0, 0.1) is 0 Å². The molecule has 3 heteroatoms. The smallest absolute Gasteiger partial charge is 0.0626 e. The van der Waals surface area contributed by atoms with Crippen molar-refractivity contribution in [3.8, 4) is 0 Å². The van der Waals surface area contributed by atoms with Crippen molar-refractivity contribution in [1.82, 2.24) is 0 Å². The molecule has 0 N–H and O–H groups in total. The van der Waals surface area contributed by atoms with Gasteiger partial charge in [-0.3, -0.25) is 0 Å². The fraction of sp³-hybridized carbons (Fsp3) is 0.167. The van der Waals surface area contributed by atoms with E-state index in [4.69, 9.17) is 23.2 Å². The molecule has 0 radical (unpaired) electrons. The predicted molar refractivity (Wildman–Crippen MR) is 68.1 cm³/mol. The van der Waals surface area contributed by atoms with Crippen LogP contribution in [0.1, 0.15) is 16.5 Å². The lowest BCUT2D eigenvalue weighted by Gasteiger charge is -2.08. The molecule has 0 saturated carbocycles. The molecule has 1 aromatic carbocycles. The molecule has 0 nitrogen and oxygen atoms in total. The lowest BCUT2D eigenvalue weighted by atomic mass is 10.1. The average Bonchev–Trinajstić information content (AvgIpc) is 2.70. The van der Waals surface area contributed by atoms with Crippen LogP contribution in [-0.2, 0) is 6.42 Å². The largest absolute Gasteiger partial charge is 0.152 e. The van der Waals surface area contributed by atoms with Gasteiger partial charge < -0.3 is 0 Å². The van der Waals surface area contributed by atoms with Gasteiger partial charge in [0.2, 0.25) is 0 Å². The summed E-state index contributed by atoms with van der Waals surface area (Å²) in [5.41, 5.74) is 2.36. The first-order chi connectivity index (χ1) is 7.25. The molecule has 1 unspecified atom stereocenters. The van der Waals surface area contributed by atoms with Gasteiger partial charge in [-0.05, 0) is 46.5 Å². The van der Waals surface area contributed by atoms with Gasteiger partial charge in [0.25, 0.3) is 0 Å². The van der Waals surface area contributed by atoms with Crippen LogP contribution in [0.5, 0.6) is 0 Å². The van der Waals surface area contributed by atoms with Crippen LogP contribution in [0.15, 0.2) is 41.1 Å². The standard InChI is InChI=1S/C12H10Cl2S/c13-11-3-1-2-10(7-11)12(14)6-9-4-5-15-8-9/h1-5,7-8,12H,6H2. The van der Waals surface area contributed by atoms with Crippen LogP contribution in [0.3, 0.4) is 0 Å². The fourth-order valence-corrected chi connectivity index (χ4v) is 2.63. The van der Waals surface area contributed by atoms with Gasteiger partial charge in [-0.25, -0.2) is 0 Å². The molecule has 15 heavy (non-hydrogen) atoms. The highest BCUT2D eigenvalue weighted by atomic mass is 35.5. The maximum Gasteiger partial charge on any atom is 0.0626 e. The zero-order chi connectivity index (χ0) is 10.7. The van der Waals surface area contributed by atoms with Crippen LogP contribution in [0.2, 0.25) is 5.02 Å². The molecular weight excluding hydrogens is 247 g/mol. The van der Waals surface area contributed by atoms with E-state index in [0.717, 1.165) is 17.0 Å². The second-order valence-corrected chi connectivity index (χ2v) is 5.10. The first-order valence-electron chi connectivity index (χ1n) is 4.66. The van der Waals surface area contributed by atoms with Crippen molar-refractivity contribution in [2.24, 2.45) is 0 Å². The normalized spacial score (nSPS) is 12.7. The summed E-state index contributed by atoms with van der Waals surface area (Å²) < 4.78 is 0. The molecule has 2 rings (SSSR count). The third kappa shape index (κ3) is 2.97. The minimum absolute atomic E-state index is 0.00157. The van der Waals surface area contributed by atoms with E-state index in [0.29, 0.717) is 0 Å². The van der Waals surface area contributed by atoms with E-state index in [1.54, 1.807) is 11.3 Å². The molecule has 2 aromatic rings. The first kappa shape index (κ1) is 11.0. The van der Waals surface area contributed by atoms with Crippen molar-refractivity contribution in [3.63, 3.8) is 0 Å². The minimum Gasteiger partial charge on any atom is -0.152 e. The lowest BCUT2D eigenvalue weighted by Crippen LogP contribution is -1.94. The predicted octanol–water partition coefficient (Wildman–Crippen LogP) is 4.92. The highest BCUT2D eigenvalue weighted by molar-refractivity contribution is 7.07. The molecule has 0 fully saturated rings. The lowest BCUT2D eigenvalue weighted by molar-refractivity contribution is 0.925. The molecule has 0 aliphatic heterocycles. The number of halogens is 2. The number of hydrogen-bond acceptors (Lipinski definition) is 1. The number of benzene rings is 1. The summed E-state index contributed by atoms with van der Waals surface area (Å²) in [7, 11) is 0. The maximum atomic E-state index is 6.32. The summed E-state index contributed by atoms with van der Waals surface area (Å²) in [6, 6.07) is 9.83. The summed E-state index contributed by atoms with van der Waals surface area (Å²) in [6.07, 6.45) is 0.853. The molecule has 1 aromatic heterocycles. The Morgan fingerprint density at radius 2 is 2.13 bits per heavy atom. The Kier molecular flexibility index (Phi) is 3.68. The van der Waals surface area contributed by atoms with Gasteiger partial charge in [-0.15, -0.1) is 11.6 Å². The maximum absolute atomic E-state index is 6.32. The van der Waals surface area contributed by atoms with Crippen LogP contribution in [0.4, 0.5) is 0 Å². The van der Waals surface area contributed by atoms with E-state index in [1.165, 1.54) is 5.56 Å². The Morgan fingerprint density at radius 3 is 2.80 bits per heavy atom. The molecule has 0 aliphatic carbocycles. The van der Waals surface area contributed by atoms with E-state index < -0.39 is 0 Å². The molecule has 0 amide bonds. The minimum atomic E-state index is -0.00157. The van der Waals surface area contributed by atoms with Crippen molar-refractivity contribution in [3.05, 3.63) is 57.2 Å². The van der Waals surface area contributed by atoms with Gasteiger partial charge >= 0.3 is 0 Å². The van der Waals surface area contributed by atoms with Gasteiger partial charge in [-0.2, -0.15) is 11.3 Å². The molecule has 78 valence electrons. The van der Waals surface area contributed by atoms with E-state index >= 15 is 0 Å². The van der Waals surface area contributed by atoms with E-state index in [9.17, 15) is 0 Å². The zero-order valence-corrected chi connectivity index (χ0v) is 10.3. The SMILES string of the molecule is Clc1cccc(C(Cl)Cc2ccsc2)c1. The van der Waals surface area contributed by atoms with Gasteiger partial charge in [-0.1, -0.05) is 23.7 Å². The van der Waals surface area contributed by atoms with Crippen LogP contribution in [0.25, 0.3) is 0 Å².